The fraction of sp³-hybridized carbons (Fsp3) is 0.453. The molecule has 356 valence electrons. The third-order valence-electron chi connectivity index (χ3n) is 13.7. The summed E-state index contributed by atoms with van der Waals surface area (Å²) in [6.07, 6.45) is 9.88. The summed E-state index contributed by atoms with van der Waals surface area (Å²) in [5, 5.41) is 29.7. The minimum atomic E-state index is -1.46. The van der Waals surface area contributed by atoms with Crippen LogP contribution in [0.2, 0.25) is 0 Å². The number of anilines is 1. The number of hydrogen-bond acceptors (Lipinski definition) is 12. The smallest absolute Gasteiger partial charge is 0.417 e. The molecule has 2 heterocycles. The molecule has 67 heavy (non-hydrogen) atoms. The number of nitrogens with zero attached hydrogens (tertiary/aromatic N) is 2. The molecule has 7 atom stereocenters. The molecule has 0 aromatic heterocycles. The van der Waals surface area contributed by atoms with Crippen LogP contribution in [0.4, 0.5) is 10.5 Å². The standard InChI is InChI=1S/C53H63N3O11/c1-5-27-64-53-47(56(2)51(59)37-20-19-34-14-6-7-15-35(34)29-37)33-44(55-67-48-18-10-13-28-63-48)41-30-36(16-8-11-25-57)40(17-9-12-26-58)49(50(41)53)42-31-39(22-24-45(42)66-53)65-52(60)54-43-23-21-38(61-3)32-46(43)62-4/h5-7,14-15,19-24,29-32,36,40,47-50,57-58H,1,8-13,16-18,25-28,33H2,2-4H3,(H,54,60). The van der Waals surface area contributed by atoms with Gasteiger partial charge < -0.3 is 48.4 Å². The Bertz CT molecular complexity index is 2450. The monoisotopic (exact) mass is 917 g/mol. The molecule has 0 spiro atoms. The molecule has 4 aromatic rings. The first-order valence-electron chi connectivity index (χ1n) is 23.5. The van der Waals surface area contributed by atoms with Gasteiger partial charge in [-0.05, 0) is 109 Å². The molecule has 0 radical (unpaired) electrons. The van der Waals surface area contributed by atoms with Crippen LogP contribution in [0.5, 0.6) is 23.0 Å². The highest BCUT2D eigenvalue weighted by Crippen LogP contribution is 2.62. The van der Waals surface area contributed by atoms with Gasteiger partial charge in [-0.1, -0.05) is 60.5 Å². The van der Waals surface area contributed by atoms with Gasteiger partial charge in [0.25, 0.3) is 5.91 Å². The summed E-state index contributed by atoms with van der Waals surface area (Å²) in [5.74, 6) is -0.810. The maximum absolute atomic E-state index is 14.9. The van der Waals surface area contributed by atoms with Gasteiger partial charge in [0.05, 0.1) is 44.8 Å². The first kappa shape index (κ1) is 47.6. The maximum Gasteiger partial charge on any atom is 0.417 e. The van der Waals surface area contributed by atoms with Crippen LogP contribution >= 0.6 is 0 Å². The number of likely N-dealkylation sites (N-methyl/N-ethyl adjacent to an activating group) is 1. The zero-order valence-corrected chi connectivity index (χ0v) is 38.7. The Morgan fingerprint density at radius 2 is 1.72 bits per heavy atom. The van der Waals surface area contributed by atoms with E-state index in [1.165, 1.54) is 7.11 Å². The van der Waals surface area contributed by atoms with Crippen LogP contribution in [-0.4, -0.2) is 98.6 Å². The first-order valence-corrected chi connectivity index (χ1v) is 23.5. The lowest BCUT2D eigenvalue weighted by molar-refractivity contribution is -0.252. The van der Waals surface area contributed by atoms with E-state index in [2.05, 4.69) is 18.0 Å². The maximum atomic E-state index is 14.9. The van der Waals surface area contributed by atoms with Crippen LogP contribution in [0, 0.1) is 17.8 Å². The normalized spacial score (nSPS) is 24.6. The number of carbonyl (C=O) groups is 2. The molecule has 14 heteroatoms. The van der Waals surface area contributed by atoms with Crippen molar-refractivity contribution < 1.29 is 53.1 Å². The highest BCUT2D eigenvalue weighted by molar-refractivity contribution is 6.04. The molecular weight excluding hydrogens is 855 g/mol. The predicted octanol–water partition coefficient (Wildman–Crippen LogP) is 9.40. The number of nitrogens with one attached hydrogen (secondary N) is 1. The summed E-state index contributed by atoms with van der Waals surface area (Å²) in [7, 11) is 4.85. The number of methoxy groups -OCH3 is 2. The van der Waals surface area contributed by atoms with Crippen LogP contribution in [0.3, 0.4) is 0 Å². The third kappa shape index (κ3) is 10.2. The Labute approximate surface area is 392 Å². The summed E-state index contributed by atoms with van der Waals surface area (Å²) in [6, 6.07) is 23.4. The Morgan fingerprint density at radius 1 is 0.925 bits per heavy atom. The fourth-order valence-electron chi connectivity index (χ4n) is 10.5. The number of allylic oxidation sites excluding steroid dienone is 1. The second-order valence-corrected chi connectivity index (χ2v) is 17.7. The topological polar surface area (TPSA) is 167 Å². The third-order valence-corrected chi connectivity index (χ3v) is 13.7. The molecule has 8 rings (SSSR count). The van der Waals surface area contributed by atoms with E-state index >= 15 is 0 Å². The molecule has 3 N–H and O–H groups in total. The van der Waals surface area contributed by atoms with Gasteiger partial charge in [-0.3, -0.25) is 10.1 Å². The quantitative estimate of drug-likeness (QED) is 0.0466. The van der Waals surface area contributed by atoms with E-state index in [4.69, 9.17) is 38.4 Å². The van der Waals surface area contributed by atoms with E-state index in [-0.39, 0.29) is 55.7 Å². The second kappa shape index (κ2) is 21.8. The molecule has 1 saturated carbocycles. The Hall–Kier alpha value is -5.93. The van der Waals surface area contributed by atoms with Gasteiger partial charge in [0.15, 0.2) is 0 Å². The summed E-state index contributed by atoms with van der Waals surface area (Å²) in [4.78, 5) is 36.6. The number of carbonyl (C=O) groups excluding carboxylic acids is 2. The molecule has 1 saturated heterocycles. The van der Waals surface area contributed by atoms with Gasteiger partial charge in [-0.2, -0.15) is 0 Å². The van der Waals surface area contributed by atoms with Crippen LogP contribution in [0.15, 0.2) is 108 Å². The van der Waals surface area contributed by atoms with Crippen molar-refractivity contribution in [1.29, 1.82) is 0 Å². The van der Waals surface area contributed by atoms with Crippen LogP contribution in [-0.2, 0) is 14.3 Å². The first-order chi connectivity index (χ1) is 32.7. The Kier molecular flexibility index (Phi) is 15.5. The van der Waals surface area contributed by atoms with Gasteiger partial charge in [0.1, 0.15) is 29.0 Å². The van der Waals surface area contributed by atoms with E-state index in [0.717, 1.165) is 60.4 Å². The van der Waals surface area contributed by atoms with Crippen molar-refractivity contribution >= 4 is 34.2 Å². The lowest BCUT2D eigenvalue weighted by Crippen LogP contribution is -2.69. The second-order valence-electron chi connectivity index (χ2n) is 17.7. The number of unbranched alkanes of at least 4 members (excludes halogenated alkanes) is 2. The molecule has 7 unspecified atom stereocenters. The molecule has 4 aliphatic rings. The van der Waals surface area contributed by atoms with Gasteiger partial charge in [0.2, 0.25) is 12.1 Å². The number of ether oxygens (including phenoxy) is 6. The molecule has 2 amide bonds. The van der Waals surface area contributed by atoms with Crippen molar-refractivity contribution in [2.45, 2.75) is 88.2 Å². The Balaban J connectivity index is 1.27. The van der Waals surface area contributed by atoms with E-state index in [9.17, 15) is 19.8 Å². The van der Waals surface area contributed by atoms with E-state index in [1.54, 1.807) is 55.5 Å². The average molecular weight is 918 g/mol. The molecular formula is C53H63N3O11. The van der Waals surface area contributed by atoms with Gasteiger partial charge in [0, 0.05) is 56.2 Å². The molecule has 2 fully saturated rings. The number of oxime groups is 1. The number of aliphatic hydroxyl groups is 2. The fourth-order valence-corrected chi connectivity index (χ4v) is 10.5. The summed E-state index contributed by atoms with van der Waals surface area (Å²) >= 11 is 0. The van der Waals surface area contributed by atoms with Gasteiger partial charge in [-0.15, -0.1) is 6.58 Å². The number of fused-ring (bicyclic) bond motifs is 3. The Morgan fingerprint density at radius 3 is 2.46 bits per heavy atom. The minimum Gasteiger partial charge on any atom is -0.497 e. The van der Waals surface area contributed by atoms with Gasteiger partial charge in [-0.25, -0.2) is 4.79 Å². The number of rotatable bonds is 19. The zero-order valence-electron chi connectivity index (χ0n) is 38.7. The van der Waals surface area contributed by atoms with Crippen molar-refractivity contribution in [2.24, 2.45) is 22.9 Å². The molecule has 14 nitrogen and oxygen atoms in total. The van der Waals surface area contributed by atoms with Crippen molar-refractivity contribution in [3.05, 3.63) is 114 Å². The summed E-state index contributed by atoms with van der Waals surface area (Å²) < 4.78 is 37.3. The number of amides is 2. The number of aliphatic hydroxyl groups excluding tert-OH is 2. The van der Waals surface area contributed by atoms with E-state index in [0.29, 0.717) is 60.1 Å². The van der Waals surface area contributed by atoms with E-state index < -0.39 is 30.1 Å². The highest BCUT2D eigenvalue weighted by Gasteiger charge is 2.65. The van der Waals surface area contributed by atoms with Gasteiger partial charge >= 0.3 is 6.09 Å². The minimum absolute atomic E-state index is 0.00426. The van der Waals surface area contributed by atoms with Crippen LogP contribution < -0.4 is 24.3 Å². The van der Waals surface area contributed by atoms with Crippen LogP contribution in [0.1, 0.15) is 86.0 Å². The van der Waals surface area contributed by atoms with E-state index in [1.807, 2.05) is 48.5 Å². The summed E-state index contributed by atoms with van der Waals surface area (Å²) in [5.41, 5.74) is 3.28. The summed E-state index contributed by atoms with van der Waals surface area (Å²) in [6.45, 7) is 4.86. The average Bonchev–Trinajstić information content (AvgIpc) is 3.36. The van der Waals surface area contributed by atoms with Crippen molar-refractivity contribution in [1.82, 2.24) is 4.90 Å². The predicted molar refractivity (Wildman–Crippen MR) is 255 cm³/mol. The lowest BCUT2D eigenvalue weighted by Gasteiger charge is -2.59. The molecule has 4 aromatic carbocycles. The zero-order chi connectivity index (χ0) is 46.9. The molecule has 0 bridgehead atoms. The van der Waals surface area contributed by atoms with Crippen molar-refractivity contribution in [3.63, 3.8) is 0 Å². The van der Waals surface area contributed by atoms with Crippen molar-refractivity contribution in [2.75, 3.05) is 53.0 Å². The van der Waals surface area contributed by atoms with Crippen LogP contribution in [0.25, 0.3) is 10.8 Å². The lowest BCUT2D eigenvalue weighted by atomic mass is 9.55. The number of benzene rings is 4. The SMILES string of the molecule is C=CCOC12Oc3ccc(OC(=O)Nc4ccc(OC)cc4OC)cc3C3C(CCCCO)C(CCCCO)C=C(C(=NOC4CCCCO4)CC1N(C)C(=O)c1ccc4ccccc4c1)C32. The molecule has 2 aliphatic carbocycles. The van der Waals surface area contributed by atoms with Crippen molar-refractivity contribution in [3.8, 4) is 23.0 Å². The largest absolute Gasteiger partial charge is 0.497 e. The number of hydrogen-bond donors (Lipinski definition) is 3. The highest BCUT2D eigenvalue weighted by atomic mass is 16.8. The molecule has 2 aliphatic heterocycles.